The molecule has 0 bridgehead atoms. The van der Waals surface area contributed by atoms with Crippen LogP contribution in [0.1, 0.15) is 44.9 Å². The maximum Gasteiger partial charge on any atom is 0.0710 e. The Morgan fingerprint density at radius 3 is 2.40 bits per heavy atom. The average molecular weight is 281 g/mol. The van der Waals surface area contributed by atoms with Gasteiger partial charge in [-0.15, -0.1) is 0 Å². The number of nitrogens with two attached hydrogens (primary N) is 1. The summed E-state index contributed by atoms with van der Waals surface area (Å²) in [7, 11) is 0. The molecular formula is C16H31N3O. The summed E-state index contributed by atoms with van der Waals surface area (Å²) in [6.07, 6.45) is 9.63. The van der Waals surface area contributed by atoms with Gasteiger partial charge in [-0.2, -0.15) is 0 Å². The fourth-order valence-corrected chi connectivity index (χ4v) is 4.21. The average Bonchev–Trinajstić information content (AvgIpc) is 3.09. The molecule has 2 heterocycles. The highest BCUT2D eigenvalue weighted by Crippen LogP contribution is 2.43. The van der Waals surface area contributed by atoms with Crippen molar-refractivity contribution in [3.63, 3.8) is 0 Å². The lowest BCUT2D eigenvalue weighted by atomic mass is 9.98. The zero-order valence-electron chi connectivity index (χ0n) is 12.9. The lowest BCUT2D eigenvalue weighted by Gasteiger charge is -2.36. The SMILES string of the molecule is NCCCN1CCN(CC2CCC3(CCCC3)O2)CC1. The normalized spacial score (nSPS) is 31.4. The summed E-state index contributed by atoms with van der Waals surface area (Å²) in [5.74, 6) is 0. The lowest BCUT2D eigenvalue weighted by Crippen LogP contribution is -2.49. The monoisotopic (exact) mass is 281 g/mol. The fraction of sp³-hybridized carbons (Fsp3) is 1.00. The molecule has 3 fully saturated rings. The molecule has 2 N–H and O–H groups in total. The molecule has 0 aromatic carbocycles. The molecule has 0 radical (unpaired) electrons. The quantitative estimate of drug-likeness (QED) is 0.828. The van der Waals surface area contributed by atoms with Crippen molar-refractivity contribution in [3.05, 3.63) is 0 Å². The first-order chi connectivity index (χ1) is 9.80. The number of hydrogen-bond acceptors (Lipinski definition) is 4. The first-order valence-electron chi connectivity index (χ1n) is 8.62. The molecule has 1 atom stereocenters. The van der Waals surface area contributed by atoms with Gasteiger partial charge in [-0.25, -0.2) is 0 Å². The van der Waals surface area contributed by atoms with Gasteiger partial charge in [-0.05, 0) is 45.2 Å². The molecule has 2 aliphatic heterocycles. The molecule has 1 unspecified atom stereocenters. The lowest BCUT2D eigenvalue weighted by molar-refractivity contribution is -0.0509. The highest BCUT2D eigenvalue weighted by atomic mass is 16.5. The maximum atomic E-state index is 6.43. The van der Waals surface area contributed by atoms with Crippen LogP contribution in [0.25, 0.3) is 0 Å². The van der Waals surface area contributed by atoms with Crippen molar-refractivity contribution in [2.24, 2.45) is 5.73 Å². The van der Waals surface area contributed by atoms with E-state index in [1.165, 1.54) is 71.2 Å². The molecule has 20 heavy (non-hydrogen) atoms. The molecule has 3 aliphatic rings. The van der Waals surface area contributed by atoms with Crippen LogP contribution in [0.15, 0.2) is 0 Å². The molecule has 2 saturated heterocycles. The van der Waals surface area contributed by atoms with E-state index in [0.29, 0.717) is 11.7 Å². The molecule has 116 valence electrons. The summed E-state index contributed by atoms with van der Waals surface area (Å²) in [5.41, 5.74) is 5.88. The van der Waals surface area contributed by atoms with Gasteiger partial charge in [0.15, 0.2) is 0 Å². The molecule has 1 saturated carbocycles. The smallest absolute Gasteiger partial charge is 0.0710 e. The predicted molar refractivity (Wildman–Crippen MR) is 81.9 cm³/mol. The van der Waals surface area contributed by atoms with Crippen LogP contribution < -0.4 is 5.73 Å². The van der Waals surface area contributed by atoms with Crippen molar-refractivity contribution in [1.29, 1.82) is 0 Å². The minimum absolute atomic E-state index is 0.299. The van der Waals surface area contributed by atoms with Gasteiger partial charge >= 0.3 is 0 Å². The van der Waals surface area contributed by atoms with Crippen molar-refractivity contribution >= 4 is 0 Å². The molecule has 0 amide bonds. The van der Waals surface area contributed by atoms with E-state index < -0.39 is 0 Å². The molecule has 1 spiro atoms. The summed E-state index contributed by atoms with van der Waals surface area (Å²) in [6.45, 7) is 7.97. The highest BCUT2D eigenvalue weighted by molar-refractivity contribution is 4.93. The van der Waals surface area contributed by atoms with E-state index in [0.717, 1.165) is 19.5 Å². The molecule has 0 aromatic rings. The Morgan fingerprint density at radius 2 is 1.70 bits per heavy atom. The van der Waals surface area contributed by atoms with Crippen LogP contribution in [-0.4, -0.2) is 67.3 Å². The van der Waals surface area contributed by atoms with Crippen LogP contribution in [0, 0.1) is 0 Å². The summed E-state index contributed by atoms with van der Waals surface area (Å²) in [4.78, 5) is 5.16. The van der Waals surface area contributed by atoms with Crippen molar-refractivity contribution in [1.82, 2.24) is 9.80 Å². The Morgan fingerprint density at radius 1 is 1.00 bits per heavy atom. The molecule has 0 aromatic heterocycles. The summed E-state index contributed by atoms with van der Waals surface area (Å²) in [5, 5.41) is 0. The van der Waals surface area contributed by atoms with E-state index in [1.807, 2.05) is 0 Å². The van der Waals surface area contributed by atoms with Gasteiger partial charge in [0.05, 0.1) is 11.7 Å². The molecule has 1 aliphatic carbocycles. The van der Waals surface area contributed by atoms with Gasteiger partial charge in [0.25, 0.3) is 0 Å². The van der Waals surface area contributed by atoms with Crippen LogP contribution >= 0.6 is 0 Å². The van der Waals surface area contributed by atoms with E-state index in [4.69, 9.17) is 10.5 Å². The van der Waals surface area contributed by atoms with Gasteiger partial charge < -0.3 is 15.4 Å². The van der Waals surface area contributed by atoms with Crippen LogP contribution in [0.4, 0.5) is 0 Å². The minimum Gasteiger partial charge on any atom is -0.370 e. The topological polar surface area (TPSA) is 41.7 Å². The Balaban J connectivity index is 1.37. The second-order valence-electron chi connectivity index (χ2n) is 6.95. The third-order valence-corrected chi connectivity index (χ3v) is 5.46. The van der Waals surface area contributed by atoms with E-state index in [2.05, 4.69) is 9.80 Å². The number of nitrogens with zero attached hydrogens (tertiary/aromatic N) is 2. The second-order valence-corrected chi connectivity index (χ2v) is 6.95. The Bertz CT molecular complexity index is 296. The van der Waals surface area contributed by atoms with Crippen LogP contribution in [0.2, 0.25) is 0 Å². The summed E-state index contributed by atoms with van der Waals surface area (Å²) in [6, 6.07) is 0. The zero-order valence-corrected chi connectivity index (χ0v) is 12.9. The van der Waals surface area contributed by atoms with Gasteiger partial charge in [-0.3, -0.25) is 4.90 Å². The van der Waals surface area contributed by atoms with E-state index in [1.54, 1.807) is 0 Å². The number of ether oxygens (including phenoxy) is 1. The Hall–Kier alpha value is -0.160. The van der Waals surface area contributed by atoms with Crippen molar-refractivity contribution in [2.75, 3.05) is 45.8 Å². The van der Waals surface area contributed by atoms with Gasteiger partial charge in [0.1, 0.15) is 0 Å². The third kappa shape index (κ3) is 3.53. The highest BCUT2D eigenvalue weighted by Gasteiger charge is 2.42. The van der Waals surface area contributed by atoms with E-state index in [9.17, 15) is 0 Å². The Labute approximate surface area is 123 Å². The van der Waals surface area contributed by atoms with Gasteiger partial charge in [0, 0.05) is 32.7 Å². The maximum absolute atomic E-state index is 6.43. The van der Waals surface area contributed by atoms with Crippen LogP contribution in [-0.2, 0) is 4.74 Å². The molecule has 3 rings (SSSR count). The molecule has 4 heteroatoms. The molecular weight excluding hydrogens is 250 g/mol. The van der Waals surface area contributed by atoms with Crippen molar-refractivity contribution in [2.45, 2.75) is 56.7 Å². The predicted octanol–water partition coefficient (Wildman–Crippen LogP) is 1.44. The minimum atomic E-state index is 0.299. The van der Waals surface area contributed by atoms with Crippen molar-refractivity contribution < 1.29 is 4.74 Å². The van der Waals surface area contributed by atoms with E-state index in [-0.39, 0.29) is 0 Å². The van der Waals surface area contributed by atoms with Crippen molar-refractivity contribution in [3.8, 4) is 0 Å². The third-order valence-electron chi connectivity index (χ3n) is 5.46. The van der Waals surface area contributed by atoms with Crippen LogP contribution in [0.5, 0.6) is 0 Å². The second kappa shape index (κ2) is 6.73. The van der Waals surface area contributed by atoms with Crippen LogP contribution in [0.3, 0.4) is 0 Å². The number of piperazine rings is 1. The van der Waals surface area contributed by atoms with E-state index >= 15 is 0 Å². The molecule has 4 nitrogen and oxygen atoms in total. The standard InChI is InChI=1S/C16H31N3O/c17-8-3-9-18-10-12-19(13-11-18)14-15-4-7-16(20-15)5-1-2-6-16/h15H,1-14,17H2. The first-order valence-corrected chi connectivity index (χ1v) is 8.62. The largest absolute Gasteiger partial charge is 0.370 e. The Kier molecular flexibility index (Phi) is 4.97. The fourth-order valence-electron chi connectivity index (χ4n) is 4.21. The summed E-state index contributed by atoms with van der Waals surface area (Å²) < 4.78 is 6.43. The first kappa shape index (κ1) is 14.8. The van der Waals surface area contributed by atoms with Gasteiger partial charge in [0.2, 0.25) is 0 Å². The van der Waals surface area contributed by atoms with Gasteiger partial charge in [-0.1, -0.05) is 12.8 Å². The number of hydrogen-bond donors (Lipinski definition) is 1. The zero-order chi connectivity index (χ0) is 13.8. The summed E-state index contributed by atoms with van der Waals surface area (Å²) >= 11 is 0. The number of rotatable bonds is 5.